The Morgan fingerprint density at radius 3 is 2.72 bits per heavy atom. The Bertz CT molecular complexity index is 419. The molecule has 0 spiro atoms. The Labute approximate surface area is 116 Å². The summed E-state index contributed by atoms with van der Waals surface area (Å²) in [6, 6.07) is 3.11. The molecular formula is C13H19BrFN3. The summed E-state index contributed by atoms with van der Waals surface area (Å²) in [5, 5.41) is 0. The molecule has 0 atom stereocenters. The molecule has 0 bridgehead atoms. The third-order valence-corrected chi connectivity index (χ3v) is 4.04. The van der Waals surface area contributed by atoms with Crippen LogP contribution < -0.4 is 10.6 Å². The number of nitrogens with two attached hydrogens (primary N) is 1. The van der Waals surface area contributed by atoms with Gasteiger partial charge in [0.15, 0.2) is 0 Å². The van der Waals surface area contributed by atoms with Gasteiger partial charge in [0.2, 0.25) is 0 Å². The van der Waals surface area contributed by atoms with Crippen molar-refractivity contribution in [3.05, 3.63) is 22.4 Å². The van der Waals surface area contributed by atoms with Gasteiger partial charge in [0, 0.05) is 26.2 Å². The molecule has 1 aromatic rings. The smallest absolute Gasteiger partial charge is 0.139 e. The zero-order valence-corrected chi connectivity index (χ0v) is 12.2. The van der Waals surface area contributed by atoms with Gasteiger partial charge in [-0.3, -0.25) is 0 Å². The minimum Gasteiger partial charge on any atom is -0.397 e. The average Bonchev–Trinajstić information content (AvgIpc) is 2.84. The second kappa shape index (κ2) is 5.89. The van der Waals surface area contributed by atoms with E-state index in [4.69, 9.17) is 5.73 Å². The van der Waals surface area contributed by atoms with Crippen LogP contribution in [0, 0.1) is 5.82 Å². The number of hydrogen-bond acceptors (Lipinski definition) is 3. The predicted molar refractivity (Wildman–Crippen MR) is 77.5 cm³/mol. The second-order valence-electron chi connectivity index (χ2n) is 4.80. The maximum absolute atomic E-state index is 13.5. The SMILES string of the molecule is CN(CCN1CCCC1)c1cc(F)c(Br)cc1N. The number of hydrogen-bond donors (Lipinski definition) is 1. The minimum absolute atomic E-state index is 0.271. The van der Waals surface area contributed by atoms with Gasteiger partial charge in [0.1, 0.15) is 5.82 Å². The Kier molecular flexibility index (Phi) is 4.45. The summed E-state index contributed by atoms with van der Waals surface area (Å²) in [4.78, 5) is 4.45. The van der Waals surface area contributed by atoms with E-state index in [1.54, 1.807) is 6.07 Å². The molecule has 2 rings (SSSR count). The van der Waals surface area contributed by atoms with Gasteiger partial charge in [0.25, 0.3) is 0 Å². The van der Waals surface area contributed by atoms with Gasteiger partial charge in [-0.2, -0.15) is 0 Å². The van der Waals surface area contributed by atoms with Crippen molar-refractivity contribution in [2.45, 2.75) is 12.8 Å². The van der Waals surface area contributed by atoms with Gasteiger partial charge in [0.05, 0.1) is 15.8 Å². The van der Waals surface area contributed by atoms with Crippen LogP contribution in [0.15, 0.2) is 16.6 Å². The van der Waals surface area contributed by atoms with Crippen LogP contribution in [0.2, 0.25) is 0 Å². The van der Waals surface area contributed by atoms with Gasteiger partial charge < -0.3 is 15.5 Å². The van der Waals surface area contributed by atoms with E-state index < -0.39 is 0 Å². The number of nitrogens with zero attached hydrogens (tertiary/aromatic N) is 2. The molecule has 1 saturated heterocycles. The number of anilines is 2. The molecule has 2 N–H and O–H groups in total. The number of nitrogen functional groups attached to an aromatic ring is 1. The van der Waals surface area contributed by atoms with Gasteiger partial charge in [-0.05, 0) is 47.9 Å². The van der Waals surface area contributed by atoms with Crippen molar-refractivity contribution < 1.29 is 4.39 Å². The first-order valence-corrected chi connectivity index (χ1v) is 7.05. The molecule has 3 nitrogen and oxygen atoms in total. The summed E-state index contributed by atoms with van der Waals surface area (Å²) >= 11 is 3.14. The van der Waals surface area contributed by atoms with Crippen LogP contribution >= 0.6 is 15.9 Å². The second-order valence-corrected chi connectivity index (χ2v) is 5.65. The monoisotopic (exact) mass is 315 g/mol. The fraction of sp³-hybridized carbons (Fsp3) is 0.538. The van der Waals surface area contributed by atoms with Crippen LogP contribution in [-0.2, 0) is 0 Å². The number of benzene rings is 1. The third-order valence-electron chi connectivity index (χ3n) is 3.43. The van der Waals surface area contributed by atoms with Crippen LogP contribution in [0.1, 0.15) is 12.8 Å². The molecule has 5 heteroatoms. The highest BCUT2D eigenvalue weighted by molar-refractivity contribution is 9.10. The van der Waals surface area contributed by atoms with E-state index in [9.17, 15) is 4.39 Å². The van der Waals surface area contributed by atoms with E-state index in [0.29, 0.717) is 10.2 Å². The summed E-state index contributed by atoms with van der Waals surface area (Å²) in [5.41, 5.74) is 7.29. The molecule has 1 fully saturated rings. The maximum Gasteiger partial charge on any atom is 0.139 e. The zero-order chi connectivity index (χ0) is 13.1. The molecule has 0 aliphatic carbocycles. The molecule has 0 radical (unpaired) electrons. The summed E-state index contributed by atoms with van der Waals surface area (Å²) in [5.74, 6) is -0.271. The quantitative estimate of drug-likeness (QED) is 0.867. The molecule has 1 aromatic carbocycles. The summed E-state index contributed by atoms with van der Waals surface area (Å²) in [7, 11) is 1.95. The molecule has 0 saturated carbocycles. The van der Waals surface area contributed by atoms with Crippen LogP contribution in [0.4, 0.5) is 15.8 Å². The highest BCUT2D eigenvalue weighted by Gasteiger charge is 2.14. The molecule has 0 unspecified atom stereocenters. The summed E-state index contributed by atoms with van der Waals surface area (Å²) in [6.07, 6.45) is 2.58. The Morgan fingerprint density at radius 1 is 1.39 bits per heavy atom. The Hall–Kier alpha value is -0.810. The van der Waals surface area contributed by atoms with Crippen molar-refractivity contribution in [1.29, 1.82) is 0 Å². The summed E-state index contributed by atoms with van der Waals surface area (Å²) in [6.45, 7) is 4.23. The number of halogens is 2. The van der Waals surface area contributed by atoms with E-state index in [0.717, 1.165) is 18.8 Å². The molecular weight excluding hydrogens is 297 g/mol. The van der Waals surface area contributed by atoms with Crippen molar-refractivity contribution in [3.63, 3.8) is 0 Å². The number of likely N-dealkylation sites (tertiary alicyclic amines) is 1. The maximum atomic E-state index is 13.5. The van der Waals surface area contributed by atoms with Crippen LogP contribution in [-0.4, -0.2) is 38.1 Å². The van der Waals surface area contributed by atoms with E-state index >= 15 is 0 Å². The van der Waals surface area contributed by atoms with Crippen LogP contribution in [0.3, 0.4) is 0 Å². The molecule has 1 heterocycles. The first kappa shape index (κ1) is 13.6. The number of rotatable bonds is 4. The van der Waals surface area contributed by atoms with Gasteiger partial charge in [-0.1, -0.05) is 0 Å². The lowest BCUT2D eigenvalue weighted by Gasteiger charge is -2.24. The lowest BCUT2D eigenvalue weighted by Crippen LogP contribution is -2.31. The fourth-order valence-electron chi connectivity index (χ4n) is 2.30. The Morgan fingerprint density at radius 2 is 2.06 bits per heavy atom. The Balaban J connectivity index is 1.99. The molecule has 18 heavy (non-hydrogen) atoms. The predicted octanol–water partition coefficient (Wildman–Crippen LogP) is 2.70. The third kappa shape index (κ3) is 3.14. The van der Waals surface area contributed by atoms with Crippen molar-refractivity contribution in [1.82, 2.24) is 4.90 Å². The molecule has 0 amide bonds. The van der Waals surface area contributed by atoms with Crippen LogP contribution in [0.5, 0.6) is 0 Å². The fourth-order valence-corrected chi connectivity index (χ4v) is 2.66. The summed E-state index contributed by atoms with van der Waals surface area (Å²) < 4.78 is 13.9. The van der Waals surface area contributed by atoms with Gasteiger partial charge >= 0.3 is 0 Å². The molecule has 1 aliphatic heterocycles. The van der Waals surface area contributed by atoms with E-state index in [1.165, 1.54) is 32.0 Å². The van der Waals surface area contributed by atoms with Gasteiger partial charge in [-0.25, -0.2) is 4.39 Å². The first-order chi connectivity index (χ1) is 8.58. The topological polar surface area (TPSA) is 32.5 Å². The molecule has 0 aromatic heterocycles. The zero-order valence-electron chi connectivity index (χ0n) is 10.6. The normalized spacial score (nSPS) is 16.2. The molecule has 100 valence electrons. The average molecular weight is 316 g/mol. The highest BCUT2D eigenvalue weighted by Crippen LogP contribution is 2.28. The molecule has 1 aliphatic rings. The van der Waals surface area contributed by atoms with Gasteiger partial charge in [-0.15, -0.1) is 0 Å². The standard InChI is InChI=1S/C13H19BrFN3/c1-17(6-7-18-4-2-3-5-18)13-9-11(15)10(14)8-12(13)16/h8-9H,2-7,16H2,1H3. The first-order valence-electron chi connectivity index (χ1n) is 6.26. The van der Waals surface area contributed by atoms with Crippen molar-refractivity contribution in [3.8, 4) is 0 Å². The highest BCUT2D eigenvalue weighted by atomic mass is 79.9. The van der Waals surface area contributed by atoms with E-state index in [1.807, 2.05) is 11.9 Å². The van der Waals surface area contributed by atoms with E-state index in [-0.39, 0.29) is 5.82 Å². The van der Waals surface area contributed by atoms with Crippen LogP contribution in [0.25, 0.3) is 0 Å². The minimum atomic E-state index is -0.271. The van der Waals surface area contributed by atoms with Crippen molar-refractivity contribution in [2.24, 2.45) is 0 Å². The van der Waals surface area contributed by atoms with Crippen molar-refractivity contribution in [2.75, 3.05) is 43.9 Å². The van der Waals surface area contributed by atoms with E-state index in [2.05, 4.69) is 20.8 Å². The lowest BCUT2D eigenvalue weighted by atomic mass is 10.2. The van der Waals surface area contributed by atoms with Crippen molar-refractivity contribution >= 4 is 27.3 Å². The largest absolute Gasteiger partial charge is 0.397 e. The lowest BCUT2D eigenvalue weighted by molar-refractivity contribution is 0.346. The number of likely N-dealkylation sites (N-methyl/N-ethyl adjacent to an activating group) is 1.